The summed E-state index contributed by atoms with van der Waals surface area (Å²) < 4.78 is 26.3. The number of esters is 2. The van der Waals surface area contributed by atoms with Crippen LogP contribution in [0.15, 0.2) is 24.3 Å². The zero-order valence-electron chi connectivity index (χ0n) is 29.5. The highest BCUT2D eigenvalue weighted by molar-refractivity contribution is 7.46. The Morgan fingerprint density at radius 2 is 0.935 bits per heavy atom. The molecule has 8 nitrogen and oxygen atoms in total. The molecule has 1 atom stereocenters. The van der Waals surface area contributed by atoms with Crippen LogP contribution in [-0.2, 0) is 28.2 Å². The van der Waals surface area contributed by atoms with Crippen molar-refractivity contribution in [2.45, 2.75) is 187 Å². The summed E-state index contributed by atoms with van der Waals surface area (Å²) in [5.41, 5.74) is 0. The Balaban J connectivity index is 3.97. The second-order valence-electron chi connectivity index (χ2n) is 12.5. The number of carbonyl (C=O) groups excluding carboxylic acids is 2. The van der Waals surface area contributed by atoms with Crippen molar-refractivity contribution in [2.75, 3.05) is 13.2 Å². The quantitative estimate of drug-likeness (QED) is 0.0300. The Morgan fingerprint density at radius 3 is 1.39 bits per heavy atom. The van der Waals surface area contributed by atoms with E-state index in [9.17, 15) is 14.2 Å². The molecule has 0 rings (SSSR count). The second kappa shape index (κ2) is 33.4. The first-order valence-corrected chi connectivity index (χ1v) is 20.2. The van der Waals surface area contributed by atoms with Gasteiger partial charge in [-0.25, -0.2) is 4.57 Å². The predicted molar refractivity (Wildman–Crippen MR) is 189 cm³/mol. The molecule has 0 saturated carbocycles. The van der Waals surface area contributed by atoms with E-state index in [-0.39, 0.29) is 19.4 Å². The summed E-state index contributed by atoms with van der Waals surface area (Å²) in [5.74, 6) is -0.895. The zero-order valence-corrected chi connectivity index (χ0v) is 30.4. The van der Waals surface area contributed by atoms with E-state index in [0.717, 1.165) is 51.4 Å². The Kier molecular flexibility index (Phi) is 32.4. The normalized spacial score (nSPS) is 12.7. The van der Waals surface area contributed by atoms with E-state index in [1.807, 2.05) is 0 Å². The topological polar surface area (TPSA) is 119 Å². The van der Waals surface area contributed by atoms with Gasteiger partial charge >= 0.3 is 19.8 Å². The average Bonchev–Trinajstić information content (AvgIpc) is 3.02. The molecule has 0 aliphatic rings. The number of unbranched alkanes of at least 4 members (excludes halogenated alkanes) is 20. The zero-order chi connectivity index (χ0) is 34.0. The second-order valence-corrected chi connectivity index (χ2v) is 13.8. The number of rotatable bonds is 34. The molecular formula is C37H69O8P. The van der Waals surface area contributed by atoms with Crippen LogP contribution in [0, 0.1) is 0 Å². The maximum atomic E-state index is 12.3. The van der Waals surface area contributed by atoms with E-state index in [4.69, 9.17) is 19.3 Å². The van der Waals surface area contributed by atoms with Gasteiger partial charge in [-0.15, -0.1) is 0 Å². The van der Waals surface area contributed by atoms with Crippen LogP contribution in [-0.4, -0.2) is 41.0 Å². The summed E-state index contributed by atoms with van der Waals surface area (Å²) in [6, 6.07) is 0. The molecule has 0 amide bonds. The van der Waals surface area contributed by atoms with Gasteiger partial charge in [-0.3, -0.25) is 14.1 Å². The Hall–Kier alpha value is -1.47. The third-order valence-electron chi connectivity index (χ3n) is 7.94. The summed E-state index contributed by atoms with van der Waals surface area (Å²) in [7, 11) is -4.75. The van der Waals surface area contributed by atoms with Gasteiger partial charge < -0.3 is 19.3 Å². The molecule has 0 aromatic carbocycles. The number of carbonyl (C=O) groups is 2. The van der Waals surface area contributed by atoms with Crippen LogP contribution in [0.5, 0.6) is 0 Å². The van der Waals surface area contributed by atoms with Gasteiger partial charge in [0.05, 0.1) is 6.61 Å². The standard InChI is InChI=1S/C37H69O8P/c1-3-5-7-9-11-13-15-17-18-20-21-23-25-27-29-31-36(38)43-33-35(34-44-46(40,41)42)45-37(39)32-30-28-26-24-22-19-16-14-12-10-8-6-4-2/h9,11,14,16,35H,3-8,10,12-13,15,17-34H2,1-2H3,(H2,40,41,42)/b11-9+,16-14+/t35-/m1/s1. The van der Waals surface area contributed by atoms with Gasteiger partial charge in [0.2, 0.25) is 0 Å². The van der Waals surface area contributed by atoms with Crippen molar-refractivity contribution in [2.24, 2.45) is 0 Å². The summed E-state index contributed by atoms with van der Waals surface area (Å²) in [6.07, 6.45) is 36.1. The van der Waals surface area contributed by atoms with Crippen molar-refractivity contribution in [1.29, 1.82) is 0 Å². The molecule has 0 spiro atoms. The first kappa shape index (κ1) is 44.5. The summed E-state index contributed by atoms with van der Waals surface area (Å²) in [4.78, 5) is 42.6. The highest BCUT2D eigenvalue weighted by Gasteiger charge is 2.22. The number of phosphoric ester groups is 1. The van der Waals surface area contributed by atoms with Crippen molar-refractivity contribution in [3.63, 3.8) is 0 Å². The smallest absolute Gasteiger partial charge is 0.462 e. The molecule has 0 fully saturated rings. The van der Waals surface area contributed by atoms with Crippen LogP contribution in [0.1, 0.15) is 181 Å². The van der Waals surface area contributed by atoms with Crippen molar-refractivity contribution in [1.82, 2.24) is 0 Å². The highest BCUT2D eigenvalue weighted by Crippen LogP contribution is 2.36. The largest absolute Gasteiger partial charge is 0.469 e. The van der Waals surface area contributed by atoms with Crippen LogP contribution in [0.3, 0.4) is 0 Å². The Morgan fingerprint density at radius 1 is 0.543 bits per heavy atom. The number of hydrogen-bond acceptors (Lipinski definition) is 6. The van der Waals surface area contributed by atoms with Gasteiger partial charge in [0.25, 0.3) is 0 Å². The SMILES string of the molecule is CCCC/C=C/CCCCCCCCCCCC(=O)OC[C@H](COP(=O)(O)O)OC(=O)CCCCCCC/C=C/CCCCCC. The molecule has 0 bridgehead atoms. The average molecular weight is 673 g/mol. The van der Waals surface area contributed by atoms with E-state index in [0.29, 0.717) is 6.42 Å². The minimum atomic E-state index is -4.75. The summed E-state index contributed by atoms with van der Waals surface area (Å²) in [5, 5.41) is 0. The molecule has 270 valence electrons. The molecule has 0 aliphatic carbocycles. The van der Waals surface area contributed by atoms with Crippen LogP contribution in [0.2, 0.25) is 0 Å². The number of phosphoric acid groups is 1. The molecule has 0 unspecified atom stereocenters. The molecule has 46 heavy (non-hydrogen) atoms. The fourth-order valence-electron chi connectivity index (χ4n) is 5.11. The van der Waals surface area contributed by atoms with Crippen molar-refractivity contribution in [3.8, 4) is 0 Å². The molecular weight excluding hydrogens is 603 g/mol. The van der Waals surface area contributed by atoms with Crippen molar-refractivity contribution in [3.05, 3.63) is 24.3 Å². The maximum Gasteiger partial charge on any atom is 0.469 e. The van der Waals surface area contributed by atoms with Crippen LogP contribution >= 0.6 is 7.82 Å². The molecule has 0 aromatic rings. The molecule has 0 aromatic heterocycles. The van der Waals surface area contributed by atoms with E-state index in [2.05, 4.69) is 42.7 Å². The third-order valence-corrected chi connectivity index (χ3v) is 8.43. The van der Waals surface area contributed by atoms with Crippen molar-refractivity contribution < 1.29 is 37.9 Å². The Labute approximate surface area is 281 Å². The van der Waals surface area contributed by atoms with Gasteiger partial charge in [-0.2, -0.15) is 0 Å². The molecule has 0 heterocycles. The van der Waals surface area contributed by atoms with Gasteiger partial charge in [-0.05, 0) is 57.8 Å². The van der Waals surface area contributed by atoms with Gasteiger partial charge in [0, 0.05) is 12.8 Å². The first-order valence-electron chi connectivity index (χ1n) is 18.6. The fourth-order valence-corrected chi connectivity index (χ4v) is 5.47. The first-order chi connectivity index (χ1) is 22.3. The van der Waals surface area contributed by atoms with Crippen LogP contribution < -0.4 is 0 Å². The predicted octanol–water partition coefficient (Wildman–Crippen LogP) is 10.8. The third kappa shape index (κ3) is 35.4. The lowest BCUT2D eigenvalue weighted by molar-refractivity contribution is -0.161. The monoisotopic (exact) mass is 672 g/mol. The minimum Gasteiger partial charge on any atom is -0.462 e. The summed E-state index contributed by atoms with van der Waals surface area (Å²) in [6.45, 7) is 3.62. The van der Waals surface area contributed by atoms with E-state index < -0.39 is 32.5 Å². The van der Waals surface area contributed by atoms with Gasteiger partial charge in [-0.1, -0.05) is 134 Å². The molecule has 0 saturated heterocycles. The molecule has 0 aliphatic heterocycles. The summed E-state index contributed by atoms with van der Waals surface area (Å²) >= 11 is 0. The van der Waals surface area contributed by atoms with E-state index >= 15 is 0 Å². The Bertz CT molecular complexity index is 807. The fraction of sp³-hybridized carbons (Fsp3) is 0.838. The van der Waals surface area contributed by atoms with Crippen LogP contribution in [0.4, 0.5) is 0 Å². The lowest BCUT2D eigenvalue weighted by Gasteiger charge is -2.18. The van der Waals surface area contributed by atoms with Crippen molar-refractivity contribution >= 4 is 19.8 Å². The minimum absolute atomic E-state index is 0.203. The lowest BCUT2D eigenvalue weighted by Crippen LogP contribution is -2.29. The van der Waals surface area contributed by atoms with E-state index in [1.165, 1.54) is 96.3 Å². The lowest BCUT2D eigenvalue weighted by atomic mass is 10.1. The van der Waals surface area contributed by atoms with E-state index in [1.54, 1.807) is 0 Å². The van der Waals surface area contributed by atoms with Crippen LogP contribution in [0.25, 0.3) is 0 Å². The molecule has 2 N–H and O–H groups in total. The van der Waals surface area contributed by atoms with Gasteiger partial charge in [0.1, 0.15) is 6.61 Å². The molecule has 0 radical (unpaired) electrons. The maximum absolute atomic E-state index is 12.3. The number of hydrogen-bond donors (Lipinski definition) is 2. The number of allylic oxidation sites excluding steroid dienone is 4. The molecule has 9 heteroatoms. The number of ether oxygens (including phenoxy) is 2. The van der Waals surface area contributed by atoms with Gasteiger partial charge in [0.15, 0.2) is 6.10 Å². The highest BCUT2D eigenvalue weighted by atomic mass is 31.2.